The van der Waals surface area contributed by atoms with Crippen molar-refractivity contribution in [3.8, 4) is 5.75 Å². The third-order valence-corrected chi connectivity index (χ3v) is 17.6. The molecule has 3 aromatic carbocycles. The summed E-state index contributed by atoms with van der Waals surface area (Å²) in [6, 6.07) is 13.4. The number of aliphatic hydroxyl groups excluding tert-OH is 1. The molecule has 8 atom stereocenters. The van der Waals surface area contributed by atoms with E-state index in [-0.39, 0.29) is 64.0 Å². The number of carbonyl (C=O) groups is 11. The van der Waals surface area contributed by atoms with Crippen molar-refractivity contribution in [1.29, 1.82) is 0 Å². The quantitative estimate of drug-likeness (QED) is 0.0788. The highest BCUT2D eigenvalue weighted by molar-refractivity contribution is 7.10. The number of nitrogens with two attached hydrogens (primary N) is 1. The lowest BCUT2D eigenvalue weighted by atomic mass is 9.98. The van der Waals surface area contributed by atoms with Crippen LogP contribution in [0.2, 0.25) is 5.02 Å². The third-order valence-electron chi connectivity index (χ3n) is 14.4. The number of hydrogen-bond donors (Lipinski definition) is 13. The number of nitrogens with zero attached hydrogens (tertiary/aromatic N) is 3. The number of aromatic hydroxyl groups is 1. The predicted octanol–water partition coefficient (Wildman–Crippen LogP) is 2.12. The number of hydrogen-bond acceptors (Lipinski definition) is 19. The van der Waals surface area contributed by atoms with Gasteiger partial charge in [-0.05, 0) is 47.1 Å². The van der Waals surface area contributed by atoms with Crippen LogP contribution in [0.5, 0.6) is 5.75 Å². The second kappa shape index (κ2) is 33.7. The molecule has 14 N–H and O–H groups in total. The summed E-state index contributed by atoms with van der Waals surface area (Å²) < 4.78 is 0. The average molecular weight is 1340 g/mol. The molecule has 488 valence electrons. The molecule has 6 bridgehead atoms. The third kappa shape index (κ3) is 20.6. The van der Waals surface area contributed by atoms with Gasteiger partial charge in [0.15, 0.2) is 0 Å². The van der Waals surface area contributed by atoms with Crippen LogP contribution < -0.4 is 58.9 Å². The van der Waals surface area contributed by atoms with Gasteiger partial charge in [-0.1, -0.05) is 112 Å². The molecule has 0 saturated heterocycles. The van der Waals surface area contributed by atoms with E-state index in [0.717, 1.165) is 34.0 Å². The Morgan fingerprint density at radius 2 is 1.01 bits per heavy atom. The largest absolute Gasteiger partial charge is 0.506 e. The van der Waals surface area contributed by atoms with Crippen molar-refractivity contribution in [3.63, 3.8) is 0 Å². The number of nitrogens with one attached hydrogen (secondary N) is 10. The van der Waals surface area contributed by atoms with Crippen LogP contribution in [0.25, 0.3) is 0 Å². The monoisotopic (exact) mass is 1340 g/mol. The molecule has 0 saturated carbocycles. The fourth-order valence-corrected chi connectivity index (χ4v) is 12.3. The SMILES string of the molecule is CC[C@H](C)[C@@H]1NC(=O)[C@H](Cc2ccccc2)NC(=O)[C@H](Cc2ccccc2)NC(=O)CNC(=O)[C@@H](CO)NC(=O)CNC(=O)CNC(=O)c2csc(n2)[C@H](CC(N)=O)NC(=O)[C@H](Cc2ccc(O)c(Cl)c2)NC(=O)c2csc(n2)[C@H](CC(C)C)NC(=O)c2csc1n2. The summed E-state index contributed by atoms with van der Waals surface area (Å²) in [5.74, 6) is -9.57. The fourth-order valence-electron chi connectivity index (χ4n) is 9.39. The van der Waals surface area contributed by atoms with E-state index in [1.54, 1.807) is 66.0 Å². The zero-order valence-electron chi connectivity index (χ0n) is 50.4. The number of amides is 11. The molecule has 7 rings (SSSR count). The summed E-state index contributed by atoms with van der Waals surface area (Å²) in [4.78, 5) is 164. The topological polar surface area (TPSA) is 413 Å². The zero-order valence-corrected chi connectivity index (χ0v) is 53.6. The number of aliphatic hydroxyl groups is 1. The second-order valence-electron chi connectivity index (χ2n) is 22.0. The first-order chi connectivity index (χ1) is 44.0. The Morgan fingerprint density at radius 3 is 1.57 bits per heavy atom. The summed E-state index contributed by atoms with van der Waals surface area (Å²) in [5.41, 5.74) is 6.99. The molecule has 0 spiro atoms. The van der Waals surface area contributed by atoms with E-state index in [1.807, 2.05) is 27.7 Å². The van der Waals surface area contributed by atoms with Gasteiger partial charge in [0.2, 0.25) is 47.3 Å². The first kappa shape index (κ1) is 70.2. The predicted molar refractivity (Wildman–Crippen MR) is 341 cm³/mol. The number of rotatable bonds is 13. The molecule has 0 fully saturated rings. The van der Waals surface area contributed by atoms with E-state index >= 15 is 0 Å². The summed E-state index contributed by atoms with van der Waals surface area (Å²) in [5, 5.41) is 51.4. The van der Waals surface area contributed by atoms with E-state index in [0.29, 0.717) is 39.5 Å². The maximum absolute atomic E-state index is 14.7. The van der Waals surface area contributed by atoms with Gasteiger partial charge < -0.3 is 69.1 Å². The number of carbonyl (C=O) groups excluding carboxylic acids is 11. The van der Waals surface area contributed by atoms with Crippen LogP contribution in [-0.4, -0.2) is 141 Å². The van der Waals surface area contributed by atoms with Crippen LogP contribution in [0, 0.1) is 11.8 Å². The van der Waals surface area contributed by atoms with E-state index in [4.69, 9.17) is 22.3 Å². The molecule has 6 aromatic rings. The van der Waals surface area contributed by atoms with Crippen LogP contribution in [0.4, 0.5) is 0 Å². The molecule has 0 radical (unpaired) electrons. The average Bonchev–Trinajstić information content (AvgIpc) is 1.87. The van der Waals surface area contributed by atoms with Crippen molar-refractivity contribution in [2.75, 3.05) is 26.2 Å². The van der Waals surface area contributed by atoms with Gasteiger partial charge in [-0.25, -0.2) is 15.0 Å². The number of aromatic nitrogens is 3. The number of halogens is 1. The summed E-state index contributed by atoms with van der Waals surface area (Å²) in [6.45, 7) is 4.58. The number of phenolic OH excluding ortho intramolecular Hbond substituents is 1. The minimum Gasteiger partial charge on any atom is -0.506 e. The minimum atomic E-state index is -1.62. The van der Waals surface area contributed by atoms with Crippen molar-refractivity contribution in [1.82, 2.24) is 68.1 Å². The van der Waals surface area contributed by atoms with Gasteiger partial charge >= 0.3 is 0 Å². The highest BCUT2D eigenvalue weighted by Crippen LogP contribution is 2.31. The molecule has 11 amide bonds. The molecule has 3 aromatic heterocycles. The molecule has 0 aliphatic carbocycles. The van der Waals surface area contributed by atoms with Gasteiger partial charge in [-0.2, -0.15) is 0 Å². The summed E-state index contributed by atoms with van der Waals surface area (Å²) >= 11 is 9.31. The molecule has 0 unspecified atom stereocenters. The van der Waals surface area contributed by atoms with Gasteiger partial charge in [0.1, 0.15) is 62.0 Å². The lowest BCUT2D eigenvalue weighted by Crippen LogP contribution is -2.57. The van der Waals surface area contributed by atoms with Gasteiger partial charge in [-0.15, -0.1) is 34.0 Å². The van der Waals surface area contributed by atoms with E-state index in [1.165, 1.54) is 29.0 Å². The molecule has 31 heteroatoms. The first-order valence-corrected chi connectivity index (χ1v) is 32.2. The van der Waals surface area contributed by atoms with Crippen LogP contribution in [0.1, 0.15) is 128 Å². The van der Waals surface area contributed by atoms with Crippen LogP contribution in [-0.2, 0) is 57.6 Å². The van der Waals surface area contributed by atoms with Crippen molar-refractivity contribution in [2.24, 2.45) is 17.6 Å². The summed E-state index contributed by atoms with van der Waals surface area (Å²) in [6.07, 6.45) is 0.113. The Bertz CT molecular complexity index is 3630. The first-order valence-electron chi connectivity index (χ1n) is 29.2. The van der Waals surface area contributed by atoms with Crippen LogP contribution >= 0.6 is 45.6 Å². The van der Waals surface area contributed by atoms with Gasteiger partial charge in [0.25, 0.3) is 17.7 Å². The Hall–Kier alpha value is -9.23. The molecule has 1 aliphatic rings. The van der Waals surface area contributed by atoms with E-state index in [2.05, 4.69) is 63.1 Å². The fraction of sp³-hybridized carbons (Fsp3) is 0.377. The summed E-state index contributed by atoms with van der Waals surface area (Å²) in [7, 11) is 0. The van der Waals surface area contributed by atoms with E-state index < -0.39 is 140 Å². The number of primary amides is 1. The van der Waals surface area contributed by atoms with Crippen molar-refractivity contribution < 1.29 is 63.0 Å². The number of benzene rings is 3. The Kier molecular flexibility index (Phi) is 25.7. The molecular formula is C61H71ClN14O13S3. The standard InChI is InChI=1S/C61H71ClN14O13S3/c1-5-32(4)51-61-75-45(30-92-61)58(89)71-40(18-31(2)3)59-74-44(29-91-59)57(88)70-39(22-35-16-17-46(78)36(62)19-35)55(86)72-41(23-47(63)79)60-73-43(28-90-60)53(84)65-24-48(80)64-25-49(81)68-42(27-77)52(83)66-26-50(82)67-37(20-33-12-8-6-9-13-33)54(85)69-38(56(87)76-51)21-34-14-10-7-11-15-34/h6-17,19,28-32,37-42,51,77-78H,5,18,20-27H2,1-4H3,(H2,63,79)(H,64,80)(H,65,84)(H,66,83)(H,67,82)(H,68,81)(H,69,85)(H,70,88)(H,71,89)(H,72,86)(H,76,87)/t32-,37-,38-,39-,40-,41-,42+,51-/m0/s1. The zero-order chi connectivity index (χ0) is 66.6. The van der Waals surface area contributed by atoms with Crippen LogP contribution in [0.3, 0.4) is 0 Å². The molecule has 27 nitrogen and oxygen atoms in total. The van der Waals surface area contributed by atoms with E-state index in [9.17, 15) is 63.0 Å². The van der Waals surface area contributed by atoms with Crippen molar-refractivity contribution >= 4 is 111 Å². The van der Waals surface area contributed by atoms with Crippen LogP contribution in [0.15, 0.2) is 95.0 Å². The Morgan fingerprint density at radius 1 is 0.543 bits per heavy atom. The molecular weight excluding hydrogens is 1270 g/mol. The van der Waals surface area contributed by atoms with Gasteiger partial charge in [-0.3, -0.25) is 52.7 Å². The Labute approximate surface area is 545 Å². The lowest BCUT2D eigenvalue weighted by Gasteiger charge is -2.27. The number of thiazole rings is 3. The van der Waals surface area contributed by atoms with Gasteiger partial charge in [0.05, 0.1) is 55.8 Å². The number of fused-ring (bicyclic) bond motifs is 6. The molecule has 92 heavy (non-hydrogen) atoms. The normalized spacial score (nSPS) is 21.2. The second-order valence-corrected chi connectivity index (χ2v) is 25.1. The highest BCUT2D eigenvalue weighted by Gasteiger charge is 2.34. The minimum absolute atomic E-state index is 0.00289. The number of phenols is 1. The maximum Gasteiger partial charge on any atom is 0.271 e. The molecule has 4 heterocycles. The van der Waals surface area contributed by atoms with Gasteiger partial charge in [0, 0.05) is 35.4 Å². The van der Waals surface area contributed by atoms with Crippen molar-refractivity contribution in [3.05, 3.63) is 149 Å². The van der Waals surface area contributed by atoms with Crippen molar-refractivity contribution in [2.45, 2.75) is 109 Å². The smallest absolute Gasteiger partial charge is 0.271 e. The molecule has 1 aliphatic heterocycles. The maximum atomic E-state index is 14.7. The lowest BCUT2D eigenvalue weighted by molar-refractivity contribution is -0.133. The Balaban J connectivity index is 1.20. The highest BCUT2D eigenvalue weighted by atomic mass is 35.5.